The van der Waals surface area contributed by atoms with E-state index in [0.29, 0.717) is 16.4 Å². The van der Waals surface area contributed by atoms with Gasteiger partial charge in [0.1, 0.15) is 17.9 Å². The van der Waals surface area contributed by atoms with Gasteiger partial charge in [-0.05, 0) is 35.4 Å². The molecule has 3 aromatic rings. The highest BCUT2D eigenvalue weighted by Gasteiger charge is 2.55. The number of hydrogen-bond donors (Lipinski definition) is 0. The van der Waals surface area contributed by atoms with E-state index in [1.165, 1.54) is 12.1 Å². The second-order valence-electron chi connectivity index (χ2n) is 8.20. The van der Waals surface area contributed by atoms with Crippen molar-refractivity contribution in [3.05, 3.63) is 100 Å². The van der Waals surface area contributed by atoms with Crippen molar-refractivity contribution in [2.45, 2.75) is 24.7 Å². The van der Waals surface area contributed by atoms with Gasteiger partial charge in [-0.25, -0.2) is 18.0 Å². The van der Waals surface area contributed by atoms with Crippen LogP contribution in [0.25, 0.3) is 0 Å². The summed E-state index contributed by atoms with van der Waals surface area (Å²) in [5.41, 5.74) is -3.34. The van der Waals surface area contributed by atoms with Crippen LogP contribution in [0, 0.1) is 22.7 Å². The van der Waals surface area contributed by atoms with Crippen LogP contribution < -0.4 is 9.63 Å². The second kappa shape index (κ2) is 9.32. The number of nitrogens with zero attached hydrogens (tertiary/aromatic N) is 3. The summed E-state index contributed by atoms with van der Waals surface area (Å²) >= 11 is 0. The Morgan fingerprint density at radius 3 is 2.17 bits per heavy atom. The van der Waals surface area contributed by atoms with Crippen molar-refractivity contribution < 1.29 is 40.3 Å². The zero-order valence-electron chi connectivity index (χ0n) is 18.4. The summed E-state index contributed by atoms with van der Waals surface area (Å²) in [4.78, 5) is 14.7. The molecule has 1 unspecified atom stereocenters. The van der Waals surface area contributed by atoms with Crippen molar-refractivity contribution in [1.29, 1.82) is 0 Å². The first-order valence-electron chi connectivity index (χ1n) is 10.6. The summed E-state index contributed by atoms with van der Waals surface area (Å²) in [6.45, 7) is -3.64. The molecule has 0 spiro atoms. The lowest BCUT2D eigenvalue weighted by Crippen LogP contribution is -2.62. The van der Waals surface area contributed by atoms with E-state index in [1.54, 1.807) is 0 Å². The lowest BCUT2D eigenvalue weighted by atomic mass is 9.75. The van der Waals surface area contributed by atoms with Crippen LogP contribution in [0.5, 0.6) is 0 Å². The zero-order valence-corrected chi connectivity index (χ0v) is 18.4. The molecule has 2 heterocycles. The van der Waals surface area contributed by atoms with Crippen LogP contribution in [0.3, 0.4) is 0 Å². The average Bonchev–Trinajstić information content (AvgIpc) is 2.82. The summed E-state index contributed by atoms with van der Waals surface area (Å²) in [6, 6.07) is 6.83. The Morgan fingerprint density at radius 1 is 0.944 bits per heavy atom. The molecule has 0 saturated carbocycles. The lowest BCUT2D eigenvalue weighted by molar-refractivity contribution is -0.605. The van der Waals surface area contributed by atoms with Gasteiger partial charge in [-0.2, -0.15) is 17.9 Å². The molecule has 36 heavy (non-hydrogen) atoms. The molecule has 0 fully saturated rings. The number of aromatic nitrogens is 1. The third-order valence-electron chi connectivity index (χ3n) is 6.03. The van der Waals surface area contributed by atoms with E-state index < -0.39 is 66.9 Å². The fourth-order valence-corrected chi connectivity index (χ4v) is 4.54. The number of pyridine rings is 1. The number of rotatable bonds is 6. The van der Waals surface area contributed by atoms with E-state index in [-0.39, 0.29) is 16.2 Å². The molecule has 0 aliphatic carbocycles. The van der Waals surface area contributed by atoms with E-state index in [4.69, 9.17) is 0 Å². The highest BCUT2D eigenvalue weighted by Crippen LogP contribution is 2.50. The number of anilines is 1. The Labute approximate surface area is 200 Å². The number of urea groups is 1. The van der Waals surface area contributed by atoms with Gasteiger partial charge in [-0.3, -0.25) is 9.29 Å². The largest absolute Gasteiger partial charge is 0.619 e. The first kappa shape index (κ1) is 25.3. The van der Waals surface area contributed by atoms with Crippen molar-refractivity contribution in [1.82, 2.24) is 4.90 Å². The quantitative estimate of drug-likeness (QED) is 0.254. The van der Waals surface area contributed by atoms with E-state index >= 15 is 4.39 Å². The number of fused-ring (bicyclic) bond motifs is 1. The molecule has 5 nitrogen and oxygen atoms in total. The normalized spacial score (nSPS) is 17.9. The molecular formula is C24H18F7N3O2. The predicted molar refractivity (Wildman–Crippen MR) is 114 cm³/mol. The van der Waals surface area contributed by atoms with E-state index in [0.717, 1.165) is 47.6 Å². The smallest absolute Gasteiger partial charge is 0.406 e. The predicted octanol–water partition coefficient (Wildman–Crippen LogP) is 5.35. The minimum atomic E-state index is -5.01. The van der Waals surface area contributed by atoms with Crippen LogP contribution in [0.1, 0.15) is 23.1 Å². The highest BCUT2D eigenvalue weighted by molar-refractivity contribution is 5.97. The van der Waals surface area contributed by atoms with Crippen molar-refractivity contribution in [3.63, 3.8) is 0 Å². The van der Waals surface area contributed by atoms with Crippen LogP contribution in [0.4, 0.5) is 41.2 Å². The van der Waals surface area contributed by atoms with Gasteiger partial charge in [0, 0.05) is 24.1 Å². The summed E-state index contributed by atoms with van der Waals surface area (Å²) in [6.07, 6.45) is -3.68. The van der Waals surface area contributed by atoms with Crippen LogP contribution >= 0.6 is 0 Å². The van der Waals surface area contributed by atoms with Gasteiger partial charge in [0.05, 0.1) is 18.9 Å². The lowest BCUT2D eigenvalue weighted by Gasteiger charge is -2.51. The Bertz CT molecular complexity index is 1270. The molecule has 1 aromatic heterocycles. The summed E-state index contributed by atoms with van der Waals surface area (Å²) in [7, 11) is 0. The number of alkyl halides is 4. The fraction of sp³-hybridized carbons (Fsp3) is 0.250. The molecule has 190 valence electrons. The molecule has 2 amide bonds. The zero-order chi connectivity index (χ0) is 26.3. The Kier molecular flexibility index (Phi) is 6.54. The minimum absolute atomic E-state index is 0.225. The van der Waals surface area contributed by atoms with E-state index in [9.17, 15) is 36.3 Å². The number of amides is 2. The molecule has 1 aliphatic rings. The van der Waals surface area contributed by atoms with Gasteiger partial charge in [0.15, 0.2) is 24.0 Å². The monoisotopic (exact) mass is 513 g/mol. The summed E-state index contributed by atoms with van der Waals surface area (Å²) < 4.78 is 99.4. The number of carbonyl (C=O) groups is 1. The van der Waals surface area contributed by atoms with E-state index in [2.05, 4.69) is 0 Å². The third kappa shape index (κ3) is 4.42. The number of halogens is 7. The van der Waals surface area contributed by atoms with Crippen LogP contribution in [-0.4, -0.2) is 30.3 Å². The molecular weight excluding hydrogens is 495 g/mol. The molecule has 1 atom stereocenters. The number of hydrogen-bond acceptors (Lipinski definition) is 2. The fourth-order valence-electron chi connectivity index (χ4n) is 4.54. The molecule has 0 saturated heterocycles. The number of benzene rings is 2. The molecule has 0 N–H and O–H groups in total. The Morgan fingerprint density at radius 2 is 1.58 bits per heavy atom. The topological polar surface area (TPSA) is 50.5 Å². The number of carbonyl (C=O) groups excluding carboxylic acids is 1. The van der Waals surface area contributed by atoms with Crippen LogP contribution in [-0.2, 0) is 12.1 Å². The standard InChI is InChI=1S/C24H18F7N3O2/c25-10-9-23(16-1-3-17(26)4-2-16)20-19(6-5-18(27)21(20)28)33(13-15-7-11-32(36)12-8-15)22(35)34(23)14-24(29,30)31/h1-8,11-12H,9-10,13-14H2. The molecule has 2 aromatic carbocycles. The molecule has 4 rings (SSSR count). The molecule has 0 radical (unpaired) electrons. The van der Waals surface area contributed by atoms with Gasteiger partial charge < -0.3 is 10.1 Å². The van der Waals surface area contributed by atoms with Crippen LogP contribution in [0.15, 0.2) is 60.9 Å². The van der Waals surface area contributed by atoms with Crippen molar-refractivity contribution >= 4 is 11.7 Å². The maximum Gasteiger partial charge on any atom is 0.406 e. The van der Waals surface area contributed by atoms with Gasteiger partial charge >= 0.3 is 12.2 Å². The first-order chi connectivity index (χ1) is 17.0. The highest BCUT2D eigenvalue weighted by atomic mass is 19.4. The summed E-state index contributed by atoms with van der Waals surface area (Å²) in [5, 5.41) is 11.4. The van der Waals surface area contributed by atoms with Gasteiger partial charge in [-0.1, -0.05) is 12.1 Å². The maximum absolute atomic E-state index is 15.5. The van der Waals surface area contributed by atoms with Crippen LogP contribution in [0.2, 0.25) is 0 Å². The first-order valence-corrected chi connectivity index (χ1v) is 10.6. The minimum Gasteiger partial charge on any atom is -0.619 e. The van der Waals surface area contributed by atoms with E-state index in [1.807, 2.05) is 0 Å². The molecule has 0 bridgehead atoms. The SMILES string of the molecule is O=C1N(Cc2cc[n+]([O-])cc2)c2ccc(F)c(F)c2C(CCF)(c2ccc(F)cc2)N1CC(F)(F)F. The Balaban J connectivity index is 2.03. The van der Waals surface area contributed by atoms with Gasteiger partial charge in [-0.15, -0.1) is 0 Å². The maximum atomic E-state index is 15.5. The second-order valence-corrected chi connectivity index (χ2v) is 8.20. The summed E-state index contributed by atoms with van der Waals surface area (Å²) in [5.74, 6) is -3.77. The van der Waals surface area contributed by atoms with Crippen molar-refractivity contribution in [3.8, 4) is 0 Å². The van der Waals surface area contributed by atoms with Crippen molar-refractivity contribution in [2.75, 3.05) is 18.1 Å². The van der Waals surface area contributed by atoms with Gasteiger partial charge in [0.2, 0.25) is 0 Å². The molecule has 1 aliphatic heterocycles. The average molecular weight is 513 g/mol. The van der Waals surface area contributed by atoms with Gasteiger partial charge in [0.25, 0.3) is 0 Å². The third-order valence-corrected chi connectivity index (χ3v) is 6.03. The van der Waals surface area contributed by atoms with Crippen molar-refractivity contribution in [2.24, 2.45) is 0 Å². The Hall–Kier alpha value is -3.83. The molecule has 12 heteroatoms.